The van der Waals surface area contributed by atoms with E-state index < -0.39 is 0 Å². The van der Waals surface area contributed by atoms with Crippen molar-refractivity contribution >= 4 is 22.7 Å². The number of carbonyl (C=O) groups excluding carboxylic acids is 2. The zero-order valence-electron chi connectivity index (χ0n) is 15.8. The summed E-state index contributed by atoms with van der Waals surface area (Å²) in [6, 6.07) is 13.6. The topological polar surface area (TPSA) is 80.1 Å². The molecule has 1 aliphatic heterocycles. The van der Waals surface area contributed by atoms with E-state index in [9.17, 15) is 9.59 Å². The van der Waals surface area contributed by atoms with Gasteiger partial charge in [-0.3, -0.25) is 19.3 Å². The zero-order chi connectivity index (χ0) is 19.5. The van der Waals surface area contributed by atoms with Gasteiger partial charge in [-0.2, -0.15) is 5.10 Å². The first kappa shape index (κ1) is 18.2. The summed E-state index contributed by atoms with van der Waals surface area (Å²) in [6.45, 7) is 4.04. The van der Waals surface area contributed by atoms with Gasteiger partial charge >= 0.3 is 0 Å². The van der Waals surface area contributed by atoms with E-state index in [4.69, 9.17) is 0 Å². The standard InChI is InChI=1S/C21H23N5O2/c1-2-26-19-9-4-3-8-17(19)18(24-26)12-23-21(28)15-11-20(27)25(13-15)14-16-7-5-6-10-22-16/h3-10,15H,2,11-14H2,1H3,(H,23,28)/t15-/m1/s1. The summed E-state index contributed by atoms with van der Waals surface area (Å²) in [7, 11) is 0. The third kappa shape index (κ3) is 3.60. The summed E-state index contributed by atoms with van der Waals surface area (Å²) >= 11 is 0. The molecule has 0 radical (unpaired) electrons. The van der Waals surface area contributed by atoms with Gasteiger partial charge in [-0.05, 0) is 25.1 Å². The highest BCUT2D eigenvalue weighted by atomic mass is 16.2. The Morgan fingerprint density at radius 1 is 1.21 bits per heavy atom. The molecule has 0 bridgehead atoms. The molecule has 1 saturated heterocycles. The molecule has 1 aliphatic rings. The zero-order valence-corrected chi connectivity index (χ0v) is 15.8. The Morgan fingerprint density at radius 2 is 2.04 bits per heavy atom. The number of aryl methyl sites for hydroxylation is 1. The van der Waals surface area contributed by atoms with Crippen molar-refractivity contribution in [3.63, 3.8) is 0 Å². The minimum absolute atomic E-state index is 0.00786. The van der Waals surface area contributed by atoms with E-state index in [0.717, 1.165) is 28.8 Å². The van der Waals surface area contributed by atoms with Crippen molar-refractivity contribution in [3.05, 3.63) is 60.0 Å². The molecular weight excluding hydrogens is 354 g/mol. The van der Waals surface area contributed by atoms with E-state index >= 15 is 0 Å². The van der Waals surface area contributed by atoms with E-state index in [1.54, 1.807) is 11.1 Å². The van der Waals surface area contributed by atoms with Crippen LogP contribution in [-0.4, -0.2) is 38.0 Å². The van der Waals surface area contributed by atoms with Crippen molar-refractivity contribution in [2.75, 3.05) is 6.54 Å². The van der Waals surface area contributed by atoms with Crippen LogP contribution in [0.3, 0.4) is 0 Å². The predicted octanol–water partition coefficient (Wildman–Crippen LogP) is 2.12. The Labute approximate surface area is 163 Å². The lowest BCUT2D eigenvalue weighted by Crippen LogP contribution is -2.32. The molecule has 1 N–H and O–H groups in total. The third-order valence-corrected chi connectivity index (χ3v) is 5.13. The van der Waals surface area contributed by atoms with Gasteiger partial charge in [0.2, 0.25) is 11.8 Å². The molecule has 28 heavy (non-hydrogen) atoms. The first-order chi connectivity index (χ1) is 13.7. The number of aromatic nitrogens is 3. The molecule has 0 aliphatic carbocycles. The molecule has 7 nitrogen and oxygen atoms in total. The maximum absolute atomic E-state index is 12.6. The van der Waals surface area contributed by atoms with E-state index in [-0.39, 0.29) is 24.2 Å². The molecular formula is C21H23N5O2. The number of hydrogen-bond donors (Lipinski definition) is 1. The number of para-hydroxylation sites is 1. The van der Waals surface area contributed by atoms with Crippen molar-refractivity contribution < 1.29 is 9.59 Å². The van der Waals surface area contributed by atoms with E-state index in [2.05, 4.69) is 15.4 Å². The number of pyridine rings is 1. The molecule has 1 aromatic carbocycles. The molecule has 7 heteroatoms. The normalized spacial score (nSPS) is 16.7. The van der Waals surface area contributed by atoms with Crippen LogP contribution in [0, 0.1) is 5.92 Å². The summed E-state index contributed by atoms with van der Waals surface area (Å²) in [5, 5.41) is 8.62. The molecule has 4 rings (SSSR count). The lowest BCUT2D eigenvalue weighted by molar-refractivity contribution is -0.129. The summed E-state index contributed by atoms with van der Waals surface area (Å²) in [5.74, 6) is -0.450. The lowest BCUT2D eigenvalue weighted by Gasteiger charge is -2.16. The second kappa shape index (κ2) is 7.80. The van der Waals surface area contributed by atoms with Gasteiger partial charge in [0.1, 0.15) is 0 Å². The molecule has 144 valence electrons. The number of nitrogens with one attached hydrogen (secondary N) is 1. The molecule has 3 heterocycles. The monoisotopic (exact) mass is 377 g/mol. The number of fused-ring (bicyclic) bond motifs is 1. The molecule has 0 saturated carbocycles. The largest absolute Gasteiger partial charge is 0.350 e. The fourth-order valence-electron chi connectivity index (χ4n) is 3.67. The van der Waals surface area contributed by atoms with Gasteiger partial charge in [0.15, 0.2) is 0 Å². The van der Waals surface area contributed by atoms with Crippen LogP contribution in [-0.2, 0) is 29.2 Å². The maximum Gasteiger partial charge on any atom is 0.225 e. The van der Waals surface area contributed by atoms with Crippen molar-refractivity contribution in [3.8, 4) is 0 Å². The van der Waals surface area contributed by atoms with Crippen LogP contribution < -0.4 is 5.32 Å². The number of amides is 2. The molecule has 2 amide bonds. The highest BCUT2D eigenvalue weighted by molar-refractivity contribution is 5.89. The van der Waals surface area contributed by atoms with Crippen molar-refractivity contribution in [2.45, 2.75) is 33.0 Å². The first-order valence-corrected chi connectivity index (χ1v) is 9.55. The number of benzene rings is 1. The third-order valence-electron chi connectivity index (χ3n) is 5.13. The average molecular weight is 377 g/mol. The molecule has 1 fully saturated rings. The van der Waals surface area contributed by atoms with Gasteiger partial charge < -0.3 is 10.2 Å². The number of hydrogen-bond acceptors (Lipinski definition) is 4. The molecule has 0 spiro atoms. The highest BCUT2D eigenvalue weighted by Crippen LogP contribution is 2.21. The van der Waals surface area contributed by atoms with Crippen LogP contribution in [0.5, 0.6) is 0 Å². The van der Waals surface area contributed by atoms with Crippen LogP contribution in [0.15, 0.2) is 48.7 Å². The van der Waals surface area contributed by atoms with Gasteiger partial charge in [0, 0.05) is 31.1 Å². The van der Waals surface area contributed by atoms with E-state index in [0.29, 0.717) is 19.6 Å². The van der Waals surface area contributed by atoms with Gasteiger partial charge in [-0.15, -0.1) is 0 Å². The van der Waals surface area contributed by atoms with Gasteiger partial charge in [-0.1, -0.05) is 24.3 Å². The van der Waals surface area contributed by atoms with Crippen molar-refractivity contribution in [1.82, 2.24) is 25.0 Å². The van der Waals surface area contributed by atoms with Gasteiger partial charge in [-0.25, -0.2) is 0 Å². The Morgan fingerprint density at radius 3 is 2.82 bits per heavy atom. The smallest absolute Gasteiger partial charge is 0.225 e. The second-order valence-electron chi connectivity index (χ2n) is 6.99. The first-order valence-electron chi connectivity index (χ1n) is 9.55. The average Bonchev–Trinajstić information content (AvgIpc) is 3.27. The minimum atomic E-state index is -0.337. The Balaban J connectivity index is 1.39. The number of rotatable bonds is 6. The summed E-state index contributed by atoms with van der Waals surface area (Å²) in [4.78, 5) is 30.9. The Kier molecular flexibility index (Phi) is 5.06. The lowest BCUT2D eigenvalue weighted by atomic mass is 10.1. The van der Waals surface area contributed by atoms with Crippen LogP contribution >= 0.6 is 0 Å². The predicted molar refractivity (Wildman–Crippen MR) is 105 cm³/mol. The molecule has 3 aromatic rings. The van der Waals surface area contributed by atoms with Crippen molar-refractivity contribution in [1.29, 1.82) is 0 Å². The summed E-state index contributed by atoms with van der Waals surface area (Å²) in [6.07, 6.45) is 1.95. The van der Waals surface area contributed by atoms with Crippen LogP contribution in [0.1, 0.15) is 24.7 Å². The second-order valence-corrected chi connectivity index (χ2v) is 6.99. The fourth-order valence-corrected chi connectivity index (χ4v) is 3.67. The van der Waals surface area contributed by atoms with Crippen molar-refractivity contribution in [2.24, 2.45) is 5.92 Å². The minimum Gasteiger partial charge on any atom is -0.350 e. The molecule has 2 aromatic heterocycles. The van der Waals surface area contributed by atoms with Gasteiger partial charge in [0.25, 0.3) is 0 Å². The van der Waals surface area contributed by atoms with Crippen LogP contribution in [0.25, 0.3) is 10.9 Å². The fraction of sp³-hybridized carbons (Fsp3) is 0.333. The Bertz CT molecular complexity index is 998. The number of nitrogens with zero attached hydrogens (tertiary/aromatic N) is 4. The van der Waals surface area contributed by atoms with Crippen LogP contribution in [0.4, 0.5) is 0 Å². The number of likely N-dealkylation sites (tertiary alicyclic amines) is 1. The highest BCUT2D eigenvalue weighted by Gasteiger charge is 2.34. The summed E-state index contributed by atoms with van der Waals surface area (Å²) < 4.78 is 1.94. The Hall–Kier alpha value is -3.22. The summed E-state index contributed by atoms with van der Waals surface area (Å²) in [5.41, 5.74) is 2.74. The maximum atomic E-state index is 12.6. The van der Waals surface area contributed by atoms with Gasteiger partial charge in [0.05, 0.1) is 35.9 Å². The van der Waals surface area contributed by atoms with Crippen LogP contribution in [0.2, 0.25) is 0 Å². The van der Waals surface area contributed by atoms with E-state index in [1.165, 1.54) is 0 Å². The SMILES string of the molecule is CCn1nc(CNC(=O)[C@@H]2CC(=O)N(Cc3ccccn3)C2)c2ccccc21. The van der Waals surface area contributed by atoms with E-state index in [1.807, 2.05) is 54.1 Å². The quantitative estimate of drug-likeness (QED) is 0.714. The molecule has 1 atom stereocenters. The molecule has 0 unspecified atom stereocenters. The number of carbonyl (C=O) groups is 2.